The lowest BCUT2D eigenvalue weighted by Crippen LogP contribution is -2.37. The molecule has 1 aromatic carbocycles. The number of benzene rings is 1. The van der Waals surface area contributed by atoms with Crippen LogP contribution < -0.4 is 4.90 Å². The van der Waals surface area contributed by atoms with E-state index in [9.17, 15) is 8.78 Å². The Morgan fingerprint density at radius 2 is 1.84 bits per heavy atom. The molecule has 2 aromatic rings. The van der Waals surface area contributed by atoms with Crippen molar-refractivity contribution < 1.29 is 13.5 Å². The number of fused-ring (bicyclic) bond motifs is 1. The summed E-state index contributed by atoms with van der Waals surface area (Å²) in [5.74, 6) is 1.28. The molecular weight excluding hydrogens is 391 g/mol. The molecule has 0 radical (unpaired) electrons. The van der Waals surface area contributed by atoms with Crippen LogP contribution in [0.25, 0.3) is 11.4 Å². The third-order valence-corrected chi connectivity index (χ3v) is 5.38. The van der Waals surface area contributed by atoms with Crippen LogP contribution >= 0.6 is 35.8 Å². The summed E-state index contributed by atoms with van der Waals surface area (Å²) in [6.45, 7) is 2.71. The zero-order valence-electron chi connectivity index (χ0n) is 13.1. The highest BCUT2D eigenvalue weighted by Crippen LogP contribution is 2.37. The summed E-state index contributed by atoms with van der Waals surface area (Å²) in [6.07, 6.45) is 0. The number of ether oxygens (including phenoxy) is 1. The van der Waals surface area contributed by atoms with Gasteiger partial charge in [-0.3, -0.25) is 0 Å². The van der Waals surface area contributed by atoms with Crippen LogP contribution in [0, 0.1) is 11.6 Å². The molecule has 4 rings (SSSR count). The van der Waals surface area contributed by atoms with E-state index in [-0.39, 0.29) is 28.8 Å². The largest absolute Gasteiger partial charge is 0.378 e. The van der Waals surface area contributed by atoms with Crippen molar-refractivity contribution in [2.24, 2.45) is 0 Å². The molecule has 0 spiro atoms. The van der Waals surface area contributed by atoms with Crippen LogP contribution in [0.3, 0.4) is 0 Å². The number of hydrogen-bond acceptors (Lipinski definition) is 5. The summed E-state index contributed by atoms with van der Waals surface area (Å²) in [6, 6.07) is 2.02. The SMILES string of the molecule is Cl.Fc1cc(-c2nc3c(c(N4CCOCC4)n2)CSC3)c(F)cc1Cl. The van der Waals surface area contributed by atoms with E-state index in [0.29, 0.717) is 13.2 Å². The smallest absolute Gasteiger partial charge is 0.164 e. The van der Waals surface area contributed by atoms with Gasteiger partial charge in [0.2, 0.25) is 0 Å². The Morgan fingerprint density at radius 3 is 2.60 bits per heavy atom. The minimum absolute atomic E-state index is 0. The van der Waals surface area contributed by atoms with E-state index in [1.807, 2.05) is 0 Å². The molecule has 0 atom stereocenters. The second kappa shape index (κ2) is 7.61. The van der Waals surface area contributed by atoms with Crippen LogP contribution in [0.1, 0.15) is 11.3 Å². The number of thioether (sulfide) groups is 1. The molecule has 0 aliphatic carbocycles. The third-order valence-electron chi connectivity index (χ3n) is 4.12. The molecule has 0 amide bonds. The zero-order chi connectivity index (χ0) is 16.7. The van der Waals surface area contributed by atoms with Gasteiger partial charge in [-0.05, 0) is 12.1 Å². The maximum absolute atomic E-state index is 14.3. The molecule has 0 N–H and O–H groups in total. The lowest BCUT2D eigenvalue weighted by Gasteiger charge is -2.29. The number of aromatic nitrogens is 2. The maximum atomic E-state index is 14.3. The number of halogens is 4. The fourth-order valence-electron chi connectivity index (χ4n) is 2.89. The van der Waals surface area contributed by atoms with Gasteiger partial charge in [-0.1, -0.05) is 11.6 Å². The van der Waals surface area contributed by atoms with Crippen molar-refractivity contribution in [2.45, 2.75) is 11.5 Å². The molecule has 3 heterocycles. The fraction of sp³-hybridized carbons (Fsp3) is 0.375. The molecule has 9 heteroatoms. The number of rotatable bonds is 2. The van der Waals surface area contributed by atoms with Gasteiger partial charge in [0.15, 0.2) is 5.82 Å². The normalized spacial score (nSPS) is 16.5. The van der Waals surface area contributed by atoms with Crippen molar-refractivity contribution in [1.82, 2.24) is 9.97 Å². The van der Waals surface area contributed by atoms with Gasteiger partial charge in [-0.2, -0.15) is 11.8 Å². The van der Waals surface area contributed by atoms with E-state index in [4.69, 9.17) is 16.3 Å². The molecule has 0 unspecified atom stereocenters. The Balaban J connectivity index is 0.00000182. The Bertz CT molecular complexity index is 803. The van der Waals surface area contributed by atoms with E-state index in [0.717, 1.165) is 53.8 Å². The lowest BCUT2D eigenvalue weighted by molar-refractivity contribution is 0.122. The Morgan fingerprint density at radius 1 is 1.08 bits per heavy atom. The van der Waals surface area contributed by atoms with Gasteiger partial charge < -0.3 is 9.64 Å². The first kappa shape index (κ1) is 18.6. The van der Waals surface area contributed by atoms with Gasteiger partial charge >= 0.3 is 0 Å². The first-order valence-electron chi connectivity index (χ1n) is 7.58. The standard InChI is InChI=1S/C16H14ClF2N3OS.ClH/c17-11-6-12(18)9(5-13(11)19)15-20-14-8-24-7-10(14)16(21-15)22-1-3-23-4-2-22;/h5-6H,1-4,7-8H2;1H. The number of nitrogens with zero attached hydrogens (tertiary/aromatic N) is 3. The average Bonchev–Trinajstić information content (AvgIpc) is 3.06. The molecule has 1 fully saturated rings. The fourth-order valence-corrected chi connectivity index (χ4v) is 4.07. The summed E-state index contributed by atoms with van der Waals surface area (Å²) < 4.78 is 33.4. The second-order valence-corrected chi connectivity index (χ2v) is 7.03. The van der Waals surface area contributed by atoms with E-state index in [1.165, 1.54) is 0 Å². The Labute approximate surface area is 159 Å². The van der Waals surface area contributed by atoms with Crippen LogP contribution in [0.4, 0.5) is 14.6 Å². The molecule has 1 aromatic heterocycles. The Kier molecular flexibility index (Phi) is 5.68. The van der Waals surface area contributed by atoms with Crippen LogP contribution in [0.2, 0.25) is 5.02 Å². The molecule has 1 saturated heterocycles. The van der Waals surface area contributed by atoms with Crippen LogP contribution in [-0.4, -0.2) is 36.3 Å². The van der Waals surface area contributed by atoms with Gasteiger partial charge in [0.25, 0.3) is 0 Å². The van der Waals surface area contributed by atoms with E-state index < -0.39 is 11.6 Å². The molecule has 2 aliphatic heterocycles. The maximum Gasteiger partial charge on any atom is 0.164 e. The van der Waals surface area contributed by atoms with Gasteiger partial charge in [0.05, 0.1) is 29.5 Å². The highest BCUT2D eigenvalue weighted by Gasteiger charge is 2.26. The summed E-state index contributed by atoms with van der Waals surface area (Å²) in [5.41, 5.74) is 2.01. The highest BCUT2D eigenvalue weighted by atomic mass is 35.5. The van der Waals surface area contributed by atoms with Gasteiger partial charge in [-0.25, -0.2) is 18.7 Å². The van der Waals surface area contributed by atoms with Gasteiger partial charge in [-0.15, -0.1) is 12.4 Å². The topological polar surface area (TPSA) is 38.2 Å². The quantitative estimate of drug-likeness (QED) is 0.703. The number of hydrogen-bond donors (Lipinski definition) is 0. The highest BCUT2D eigenvalue weighted by molar-refractivity contribution is 7.98. The molecule has 4 nitrogen and oxygen atoms in total. The lowest BCUT2D eigenvalue weighted by atomic mass is 10.1. The summed E-state index contributed by atoms with van der Waals surface area (Å²) in [7, 11) is 0. The second-order valence-electron chi connectivity index (χ2n) is 5.63. The van der Waals surface area contributed by atoms with Crippen molar-refractivity contribution in [2.75, 3.05) is 31.2 Å². The van der Waals surface area contributed by atoms with Crippen molar-refractivity contribution in [1.29, 1.82) is 0 Å². The molecule has 2 aliphatic rings. The minimum Gasteiger partial charge on any atom is -0.378 e. The van der Waals surface area contributed by atoms with Crippen LogP contribution in [0.5, 0.6) is 0 Å². The van der Waals surface area contributed by atoms with E-state index in [1.54, 1.807) is 11.8 Å². The zero-order valence-corrected chi connectivity index (χ0v) is 15.5. The Hall–Kier alpha value is -1.15. The van der Waals surface area contributed by atoms with Gasteiger partial charge in [0, 0.05) is 30.2 Å². The predicted molar refractivity (Wildman–Crippen MR) is 97.7 cm³/mol. The molecule has 134 valence electrons. The van der Waals surface area contributed by atoms with Crippen molar-refractivity contribution >= 4 is 41.6 Å². The molecule has 0 bridgehead atoms. The first-order chi connectivity index (χ1) is 11.6. The average molecular weight is 406 g/mol. The van der Waals surface area contributed by atoms with E-state index >= 15 is 0 Å². The van der Waals surface area contributed by atoms with Crippen molar-refractivity contribution in [3.05, 3.63) is 40.0 Å². The minimum atomic E-state index is -0.681. The number of morpholine rings is 1. The number of anilines is 1. The summed E-state index contributed by atoms with van der Waals surface area (Å²) in [4.78, 5) is 11.2. The summed E-state index contributed by atoms with van der Waals surface area (Å²) in [5, 5.41) is -0.249. The first-order valence-corrected chi connectivity index (χ1v) is 9.12. The predicted octanol–water partition coefficient (Wildman–Crippen LogP) is 4.08. The van der Waals surface area contributed by atoms with Gasteiger partial charge in [0.1, 0.15) is 17.5 Å². The monoisotopic (exact) mass is 405 g/mol. The molecule has 0 saturated carbocycles. The molecular formula is C16H15Cl2F2N3OS. The summed E-state index contributed by atoms with van der Waals surface area (Å²) >= 11 is 7.38. The molecule has 25 heavy (non-hydrogen) atoms. The van der Waals surface area contributed by atoms with Crippen molar-refractivity contribution in [3.8, 4) is 11.4 Å². The van der Waals surface area contributed by atoms with Crippen LogP contribution in [-0.2, 0) is 16.2 Å². The van der Waals surface area contributed by atoms with E-state index in [2.05, 4.69) is 14.9 Å². The third kappa shape index (κ3) is 3.56. The van der Waals surface area contributed by atoms with Crippen molar-refractivity contribution in [3.63, 3.8) is 0 Å². The van der Waals surface area contributed by atoms with Crippen LogP contribution in [0.15, 0.2) is 12.1 Å².